The maximum atomic E-state index is 12.2. The fourth-order valence-corrected chi connectivity index (χ4v) is 4.10. The molecule has 0 aliphatic rings. The van der Waals surface area contributed by atoms with Crippen molar-refractivity contribution >= 4 is 37.4 Å². The summed E-state index contributed by atoms with van der Waals surface area (Å²) >= 11 is 1.27. The molecular weight excluding hydrogens is 324 g/mol. The van der Waals surface area contributed by atoms with E-state index in [1.165, 1.54) is 17.4 Å². The van der Waals surface area contributed by atoms with Crippen LogP contribution in [0.4, 0.5) is 0 Å². The second-order valence-corrected chi connectivity index (χ2v) is 7.59. The van der Waals surface area contributed by atoms with Crippen LogP contribution in [-0.2, 0) is 14.8 Å². The molecule has 22 heavy (non-hydrogen) atoms. The number of carbonyl (C=O) groups excluding carboxylic acids is 1. The number of ether oxygens (including phenoxy) is 1. The minimum atomic E-state index is -3.63. The molecule has 2 aromatic rings. The third kappa shape index (κ3) is 3.64. The van der Waals surface area contributed by atoms with E-state index in [-0.39, 0.29) is 17.5 Å². The summed E-state index contributed by atoms with van der Waals surface area (Å²) in [4.78, 5) is 12.3. The molecule has 1 aromatic heterocycles. The molecule has 0 bridgehead atoms. The van der Waals surface area contributed by atoms with Crippen molar-refractivity contribution in [2.75, 3.05) is 13.2 Å². The molecule has 1 aromatic carbocycles. The maximum Gasteiger partial charge on any atom is 0.348 e. The largest absolute Gasteiger partial charge is 0.462 e. The van der Waals surface area contributed by atoms with Crippen molar-refractivity contribution in [1.29, 1.82) is 0 Å². The van der Waals surface area contributed by atoms with Crippen LogP contribution >= 0.6 is 11.3 Å². The first-order chi connectivity index (χ1) is 10.4. The minimum absolute atomic E-state index is 0.147. The van der Waals surface area contributed by atoms with E-state index in [1.807, 2.05) is 0 Å². The average Bonchev–Trinajstić information content (AvgIpc) is 2.90. The summed E-state index contributed by atoms with van der Waals surface area (Å²) in [5.74, 6) is -0.400. The van der Waals surface area contributed by atoms with Crippen molar-refractivity contribution in [3.8, 4) is 0 Å². The maximum absolute atomic E-state index is 12.2. The van der Waals surface area contributed by atoms with Gasteiger partial charge in [0.15, 0.2) is 0 Å². The first-order valence-electron chi connectivity index (χ1n) is 6.80. The average molecular weight is 342 g/mol. The van der Waals surface area contributed by atoms with Gasteiger partial charge >= 0.3 is 5.97 Å². The molecule has 0 spiro atoms. The van der Waals surface area contributed by atoms with Gasteiger partial charge in [-0.2, -0.15) is 0 Å². The van der Waals surface area contributed by atoms with E-state index in [0.717, 1.165) is 4.70 Å². The van der Waals surface area contributed by atoms with Crippen LogP contribution in [0, 0.1) is 0 Å². The highest BCUT2D eigenvalue weighted by molar-refractivity contribution is 7.89. The van der Waals surface area contributed by atoms with Gasteiger partial charge in [0.2, 0.25) is 10.0 Å². The fourth-order valence-electron chi connectivity index (χ4n) is 1.87. The van der Waals surface area contributed by atoms with E-state index >= 15 is 0 Å². The Bertz CT molecular complexity index is 783. The highest BCUT2D eigenvalue weighted by Gasteiger charge is 2.18. The number of fused-ring (bicyclic) bond motifs is 1. The van der Waals surface area contributed by atoms with Gasteiger partial charge in [-0.1, -0.05) is 0 Å². The second kappa shape index (κ2) is 6.74. The lowest BCUT2D eigenvalue weighted by Gasteiger charge is -2.11. The van der Waals surface area contributed by atoms with Crippen LogP contribution in [0.5, 0.6) is 0 Å². The van der Waals surface area contributed by atoms with E-state index in [2.05, 4.69) is 4.72 Å². The van der Waals surface area contributed by atoms with E-state index in [9.17, 15) is 13.2 Å². The van der Waals surface area contributed by atoms with Crippen molar-refractivity contribution in [2.24, 2.45) is 5.73 Å². The molecule has 0 aliphatic heterocycles. The zero-order chi connectivity index (χ0) is 16.3. The molecule has 0 aliphatic carbocycles. The molecule has 120 valence electrons. The standard InChI is InChI=1S/C14H18N2O4S2/c1-3-20-14(17)13-7-10-6-11(4-5-12(10)21-13)22(18,19)16-9(2)8-15/h4-7,9,16H,3,8,15H2,1-2H3/t9-/m1/s1. The van der Waals surface area contributed by atoms with E-state index < -0.39 is 16.0 Å². The molecule has 0 saturated heterocycles. The van der Waals surface area contributed by atoms with Gasteiger partial charge in [-0.05, 0) is 43.5 Å². The molecular formula is C14H18N2O4S2. The Morgan fingerprint density at radius 1 is 1.41 bits per heavy atom. The molecule has 1 atom stereocenters. The van der Waals surface area contributed by atoms with Crippen LogP contribution < -0.4 is 10.5 Å². The predicted octanol–water partition coefficient (Wildman–Crippen LogP) is 1.70. The minimum Gasteiger partial charge on any atom is -0.462 e. The first kappa shape index (κ1) is 16.9. The summed E-state index contributed by atoms with van der Waals surface area (Å²) in [5.41, 5.74) is 5.44. The van der Waals surface area contributed by atoms with Crippen LogP contribution in [0.25, 0.3) is 10.1 Å². The van der Waals surface area contributed by atoms with Gasteiger partial charge in [-0.3, -0.25) is 0 Å². The fraction of sp³-hybridized carbons (Fsp3) is 0.357. The predicted molar refractivity (Wildman–Crippen MR) is 86.6 cm³/mol. The molecule has 0 unspecified atom stereocenters. The van der Waals surface area contributed by atoms with Gasteiger partial charge in [-0.15, -0.1) is 11.3 Å². The Morgan fingerprint density at radius 3 is 2.77 bits per heavy atom. The van der Waals surface area contributed by atoms with Gasteiger partial charge in [-0.25, -0.2) is 17.9 Å². The van der Waals surface area contributed by atoms with Gasteiger partial charge < -0.3 is 10.5 Å². The molecule has 3 N–H and O–H groups in total. The number of carbonyl (C=O) groups is 1. The lowest BCUT2D eigenvalue weighted by atomic mass is 10.2. The van der Waals surface area contributed by atoms with E-state index in [1.54, 1.807) is 32.0 Å². The van der Waals surface area contributed by atoms with Crippen LogP contribution in [0.15, 0.2) is 29.2 Å². The molecule has 0 fully saturated rings. The highest BCUT2D eigenvalue weighted by Crippen LogP contribution is 2.28. The zero-order valence-electron chi connectivity index (χ0n) is 12.3. The van der Waals surface area contributed by atoms with Crippen molar-refractivity contribution in [3.05, 3.63) is 29.1 Å². The third-order valence-corrected chi connectivity index (χ3v) is 5.67. The lowest BCUT2D eigenvalue weighted by molar-refractivity contribution is 0.0532. The number of nitrogens with one attached hydrogen (secondary N) is 1. The Kier molecular flexibility index (Phi) is 5.17. The van der Waals surface area contributed by atoms with Gasteiger partial charge in [0, 0.05) is 17.3 Å². The number of nitrogens with two attached hydrogens (primary N) is 1. The molecule has 0 amide bonds. The number of rotatable bonds is 6. The smallest absolute Gasteiger partial charge is 0.348 e. The third-order valence-electron chi connectivity index (χ3n) is 2.98. The summed E-state index contributed by atoms with van der Waals surface area (Å²) in [6, 6.07) is 6.03. The molecule has 6 nitrogen and oxygen atoms in total. The summed E-state index contributed by atoms with van der Waals surface area (Å²) in [6.45, 7) is 3.94. The molecule has 0 radical (unpaired) electrons. The molecule has 8 heteroatoms. The number of sulfonamides is 1. The first-order valence-corrected chi connectivity index (χ1v) is 9.10. The Hall–Kier alpha value is -1.48. The van der Waals surface area contributed by atoms with Crippen molar-refractivity contribution < 1.29 is 17.9 Å². The van der Waals surface area contributed by atoms with Crippen molar-refractivity contribution in [1.82, 2.24) is 4.72 Å². The highest BCUT2D eigenvalue weighted by atomic mass is 32.2. The summed E-state index contributed by atoms with van der Waals surface area (Å²) in [6.07, 6.45) is 0. The monoisotopic (exact) mass is 342 g/mol. The molecule has 2 rings (SSSR count). The van der Waals surface area contributed by atoms with E-state index in [0.29, 0.717) is 16.9 Å². The summed E-state index contributed by atoms with van der Waals surface area (Å²) in [5, 5.41) is 0.691. The molecule has 0 saturated carbocycles. The van der Waals surface area contributed by atoms with Crippen LogP contribution in [0.3, 0.4) is 0 Å². The summed E-state index contributed by atoms with van der Waals surface area (Å²) < 4.78 is 32.7. The Labute approximate surface area is 133 Å². The quantitative estimate of drug-likeness (QED) is 0.779. The van der Waals surface area contributed by atoms with Crippen molar-refractivity contribution in [2.45, 2.75) is 24.8 Å². The topological polar surface area (TPSA) is 98.5 Å². The summed E-state index contributed by atoms with van der Waals surface area (Å²) in [7, 11) is -3.63. The van der Waals surface area contributed by atoms with Crippen LogP contribution in [0.2, 0.25) is 0 Å². The zero-order valence-corrected chi connectivity index (χ0v) is 14.0. The number of esters is 1. The van der Waals surface area contributed by atoms with Gasteiger partial charge in [0.25, 0.3) is 0 Å². The molecule has 1 heterocycles. The van der Waals surface area contributed by atoms with Gasteiger partial charge in [0.1, 0.15) is 4.88 Å². The number of benzene rings is 1. The Morgan fingerprint density at radius 2 is 2.14 bits per heavy atom. The lowest BCUT2D eigenvalue weighted by Crippen LogP contribution is -2.37. The normalized spacial score (nSPS) is 13.2. The van der Waals surface area contributed by atoms with Crippen molar-refractivity contribution in [3.63, 3.8) is 0 Å². The number of hydrogen-bond acceptors (Lipinski definition) is 6. The SMILES string of the molecule is CCOC(=O)c1cc2cc(S(=O)(=O)N[C@H](C)CN)ccc2s1. The number of thiophene rings is 1. The van der Waals surface area contributed by atoms with Gasteiger partial charge in [0.05, 0.1) is 11.5 Å². The second-order valence-electron chi connectivity index (χ2n) is 4.79. The Balaban J connectivity index is 2.36. The number of hydrogen-bond donors (Lipinski definition) is 2. The van der Waals surface area contributed by atoms with Crippen LogP contribution in [0.1, 0.15) is 23.5 Å². The van der Waals surface area contributed by atoms with Crippen LogP contribution in [-0.4, -0.2) is 33.6 Å². The van der Waals surface area contributed by atoms with E-state index in [4.69, 9.17) is 10.5 Å².